The summed E-state index contributed by atoms with van der Waals surface area (Å²) in [4.78, 5) is 66.4. The highest BCUT2D eigenvalue weighted by atomic mass is 16.2. The molecular weight excluding hydrogens is 540 g/mol. The minimum absolute atomic E-state index is 0.221. The fraction of sp³-hybridized carbons (Fsp3) is 0.621. The van der Waals surface area contributed by atoms with Gasteiger partial charge in [-0.15, -0.1) is 0 Å². The Morgan fingerprint density at radius 2 is 1.64 bits per heavy atom. The molecule has 4 unspecified atom stereocenters. The monoisotopic (exact) mass is 588 g/mol. The number of benzene rings is 1. The van der Waals surface area contributed by atoms with Gasteiger partial charge in [-0.25, -0.2) is 0 Å². The van der Waals surface area contributed by atoms with Crippen molar-refractivity contribution in [1.29, 1.82) is 0 Å². The molecule has 1 saturated heterocycles. The van der Waals surface area contributed by atoms with Crippen LogP contribution in [0.5, 0.6) is 0 Å². The zero-order valence-electron chi connectivity index (χ0n) is 25.1. The summed E-state index contributed by atoms with van der Waals surface area (Å²) in [5.74, 6) is -2.66. The van der Waals surface area contributed by atoms with E-state index < -0.39 is 47.7 Å². The van der Waals surface area contributed by atoms with Crippen molar-refractivity contribution in [2.45, 2.75) is 96.2 Å². The summed E-state index contributed by atoms with van der Waals surface area (Å²) in [5.41, 5.74) is 10.4. The van der Waals surface area contributed by atoms with Crippen LogP contribution in [0.15, 0.2) is 30.3 Å². The van der Waals surface area contributed by atoms with Crippen LogP contribution in [0.4, 0.5) is 0 Å². The lowest BCUT2D eigenvalue weighted by Crippen LogP contribution is -2.62. The van der Waals surface area contributed by atoms with Gasteiger partial charge in [0.15, 0.2) is 0 Å². The topological polar surface area (TPSA) is 210 Å². The van der Waals surface area contributed by atoms with Gasteiger partial charge in [0.1, 0.15) is 30.0 Å². The lowest BCUT2D eigenvalue weighted by molar-refractivity contribution is -0.137. The van der Waals surface area contributed by atoms with E-state index in [1.807, 2.05) is 6.07 Å². The van der Waals surface area contributed by atoms with Crippen molar-refractivity contribution in [3.63, 3.8) is 0 Å². The molecule has 42 heavy (non-hydrogen) atoms. The molecule has 0 aliphatic carbocycles. The molecular formula is C29H48N8O5. The fourth-order valence-corrected chi connectivity index (χ4v) is 4.54. The number of carbonyl (C=O) groups excluding carboxylic acids is 5. The molecule has 1 heterocycles. The Balaban J connectivity index is 2.40. The molecule has 4 atom stereocenters. The number of hydrogen-bond donors (Lipinski definition) is 8. The SMILES string of the molecule is CCC1NC(=O)C(CCCNC(N)N)NC(=O)C(C)(NC(=O)C(C)C)CCCCNC(=O)C(c2ccccc2)NC1=O. The molecule has 0 radical (unpaired) electrons. The smallest absolute Gasteiger partial charge is 0.247 e. The molecule has 0 spiro atoms. The maximum absolute atomic E-state index is 13.6. The van der Waals surface area contributed by atoms with Crippen LogP contribution in [0.3, 0.4) is 0 Å². The average Bonchev–Trinajstić information content (AvgIpc) is 2.95. The van der Waals surface area contributed by atoms with Gasteiger partial charge in [0, 0.05) is 12.5 Å². The van der Waals surface area contributed by atoms with Crippen LogP contribution in [0.25, 0.3) is 0 Å². The van der Waals surface area contributed by atoms with E-state index in [4.69, 9.17) is 11.5 Å². The van der Waals surface area contributed by atoms with Crippen molar-refractivity contribution in [1.82, 2.24) is 31.9 Å². The largest absolute Gasteiger partial charge is 0.354 e. The molecule has 1 aromatic carbocycles. The second-order valence-corrected chi connectivity index (χ2v) is 11.2. The predicted octanol–water partition coefficient (Wildman–Crippen LogP) is -0.375. The molecule has 1 aliphatic heterocycles. The van der Waals surface area contributed by atoms with Crippen LogP contribution in [0.1, 0.15) is 77.8 Å². The third-order valence-corrected chi connectivity index (χ3v) is 7.22. The van der Waals surface area contributed by atoms with Crippen LogP contribution >= 0.6 is 0 Å². The van der Waals surface area contributed by atoms with Gasteiger partial charge in [0.2, 0.25) is 29.5 Å². The van der Waals surface area contributed by atoms with E-state index in [2.05, 4.69) is 31.9 Å². The Kier molecular flexibility index (Phi) is 13.8. The first-order valence-electron chi connectivity index (χ1n) is 14.7. The first kappa shape index (κ1) is 34.7. The summed E-state index contributed by atoms with van der Waals surface area (Å²) in [6, 6.07) is 5.93. The predicted molar refractivity (Wildman–Crippen MR) is 159 cm³/mol. The summed E-state index contributed by atoms with van der Waals surface area (Å²) in [7, 11) is 0. The molecule has 13 nitrogen and oxygen atoms in total. The second kappa shape index (κ2) is 16.8. The maximum Gasteiger partial charge on any atom is 0.247 e. The van der Waals surface area contributed by atoms with Gasteiger partial charge in [0.25, 0.3) is 0 Å². The summed E-state index contributed by atoms with van der Waals surface area (Å²) in [5, 5.41) is 16.9. The molecule has 5 amide bonds. The van der Waals surface area contributed by atoms with E-state index in [0.29, 0.717) is 37.9 Å². The van der Waals surface area contributed by atoms with Crippen LogP contribution in [-0.4, -0.2) is 66.5 Å². The summed E-state index contributed by atoms with van der Waals surface area (Å²) < 4.78 is 0. The fourth-order valence-electron chi connectivity index (χ4n) is 4.54. The first-order chi connectivity index (χ1) is 19.9. The summed E-state index contributed by atoms with van der Waals surface area (Å²) in [6.07, 6.45) is 1.47. The van der Waals surface area contributed by atoms with Crippen molar-refractivity contribution in [3.8, 4) is 0 Å². The molecule has 1 aromatic rings. The maximum atomic E-state index is 13.6. The van der Waals surface area contributed by atoms with Gasteiger partial charge >= 0.3 is 0 Å². The molecule has 234 valence electrons. The van der Waals surface area contributed by atoms with Gasteiger partial charge in [0.05, 0.1) is 0 Å². The number of rotatable bonds is 9. The molecule has 13 heteroatoms. The highest BCUT2D eigenvalue weighted by Gasteiger charge is 2.38. The molecule has 2 rings (SSSR count). The Labute approximate surface area is 248 Å². The molecule has 10 N–H and O–H groups in total. The van der Waals surface area contributed by atoms with Crippen LogP contribution in [0.2, 0.25) is 0 Å². The van der Waals surface area contributed by atoms with E-state index in [1.54, 1.807) is 52.0 Å². The molecule has 0 bridgehead atoms. The lowest BCUT2D eigenvalue weighted by atomic mass is 9.91. The number of carbonyl (C=O) groups is 5. The quantitative estimate of drug-likeness (QED) is 0.141. The van der Waals surface area contributed by atoms with Crippen molar-refractivity contribution in [2.24, 2.45) is 17.4 Å². The highest BCUT2D eigenvalue weighted by molar-refractivity contribution is 5.97. The van der Waals surface area contributed by atoms with E-state index in [1.165, 1.54) is 0 Å². The van der Waals surface area contributed by atoms with Crippen molar-refractivity contribution >= 4 is 29.5 Å². The average molecular weight is 589 g/mol. The zero-order valence-corrected chi connectivity index (χ0v) is 25.1. The number of hydrogen-bond acceptors (Lipinski definition) is 8. The molecule has 0 aromatic heterocycles. The Hall–Kier alpha value is -3.55. The number of nitrogens with one attached hydrogen (secondary N) is 6. The molecule has 0 saturated carbocycles. The third kappa shape index (κ3) is 10.7. The normalized spacial score (nSPS) is 24.9. The Bertz CT molecular complexity index is 1070. The van der Waals surface area contributed by atoms with Gasteiger partial charge in [-0.2, -0.15) is 0 Å². The second-order valence-electron chi connectivity index (χ2n) is 11.2. The lowest BCUT2D eigenvalue weighted by Gasteiger charge is -2.33. The third-order valence-electron chi connectivity index (χ3n) is 7.22. The molecule has 1 fully saturated rings. The Morgan fingerprint density at radius 1 is 0.976 bits per heavy atom. The standard InChI is InChI=1S/C29H48N8O5/c1-5-20-24(39)36-22(19-12-7-6-8-13-19)26(41)32-16-10-9-15-29(4,37-23(38)18(2)3)27(42)35-21(25(40)34-20)14-11-17-33-28(30)31/h6-8,12-13,18,20-22,28,33H,5,9-11,14-17,30-31H2,1-4H3,(H,32,41)(H,34,40)(H,35,42)(H,36,39)(H,37,38). The van der Waals surface area contributed by atoms with E-state index >= 15 is 0 Å². The minimum atomic E-state index is -1.31. The summed E-state index contributed by atoms with van der Waals surface area (Å²) >= 11 is 0. The first-order valence-corrected chi connectivity index (χ1v) is 14.7. The zero-order chi connectivity index (χ0) is 31.3. The van der Waals surface area contributed by atoms with E-state index in [9.17, 15) is 24.0 Å². The minimum Gasteiger partial charge on any atom is -0.354 e. The van der Waals surface area contributed by atoms with Gasteiger partial charge in [-0.1, -0.05) is 51.1 Å². The van der Waals surface area contributed by atoms with E-state index in [-0.39, 0.29) is 37.0 Å². The van der Waals surface area contributed by atoms with Crippen molar-refractivity contribution < 1.29 is 24.0 Å². The van der Waals surface area contributed by atoms with Crippen LogP contribution < -0.4 is 43.4 Å². The van der Waals surface area contributed by atoms with Gasteiger partial charge < -0.3 is 38.1 Å². The Morgan fingerprint density at radius 3 is 2.26 bits per heavy atom. The van der Waals surface area contributed by atoms with E-state index in [0.717, 1.165) is 0 Å². The van der Waals surface area contributed by atoms with Crippen molar-refractivity contribution in [3.05, 3.63) is 35.9 Å². The molecule has 1 aliphatic rings. The number of nitrogens with two attached hydrogens (primary N) is 2. The van der Waals surface area contributed by atoms with Crippen molar-refractivity contribution in [2.75, 3.05) is 13.1 Å². The summed E-state index contributed by atoms with van der Waals surface area (Å²) in [6.45, 7) is 7.52. The van der Waals surface area contributed by atoms with Crippen LogP contribution in [0, 0.1) is 5.92 Å². The highest BCUT2D eigenvalue weighted by Crippen LogP contribution is 2.18. The van der Waals surface area contributed by atoms with Crippen LogP contribution in [-0.2, 0) is 24.0 Å². The number of amides is 5. The van der Waals surface area contributed by atoms with Gasteiger partial charge in [-0.3, -0.25) is 29.3 Å². The van der Waals surface area contributed by atoms with Gasteiger partial charge in [-0.05, 0) is 57.6 Å².